The molecule has 1 amide bonds. The van der Waals surface area contributed by atoms with Gasteiger partial charge in [0.05, 0.1) is 0 Å². The van der Waals surface area contributed by atoms with Crippen molar-refractivity contribution in [2.45, 2.75) is 32.7 Å². The Hall–Kier alpha value is -1.85. The van der Waals surface area contributed by atoms with E-state index in [1.807, 2.05) is 13.8 Å². The van der Waals surface area contributed by atoms with Crippen LogP contribution in [0.15, 0.2) is 12.3 Å². The van der Waals surface area contributed by atoms with E-state index in [9.17, 15) is 14.7 Å². The molecule has 2 rings (SSSR count). The van der Waals surface area contributed by atoms with Gasteiger partial charge in [-0.25, -0.2) is 4.79 Å². The SMILES string of the molecule is Cn1ccc(C(=O)N2CCCC(C)(C)C2C(=O)O)n1. The minimum atomic E-state index is -0.950. The number of carboxylic acid groups (broad SMARTS) is 1. The van der Waals surface area contributed by atoms with Gasteiger partial charge in [-0.1, -0.05) is 13.8 Å². The summed E-state index contributed by atoms with van der Waals surface area (Å²) in [5, 5.41) is 13.5. The molecular formula is C13H19N3O3. The third-order valence-corrected chi connectivity index (χ3v) is 3.70. The van der Waals surface area contributed by atoms with Crippen LogP contribution in [0.2, 0.25) is 0 Å². The zero-order valence-electron chi connectivity index (χ0n) is 11.5. The maximum Gasteiger partial charge on any atom is 0.326 e. The Bertz CT molecular complexity index is 507. The van der Waals surface area contributed by atoms with Gasteiger partial charge >= 0.3 is 5.97 Å². The molecule has 1 unspecified atom stereocenters. The Morgan fingerprint density at radius 3 is 2.68 bits per heavy atom. The first-order valence-corrected chi connectivity index (χ1v) is 6.36. The monoisotopic (exact) mass is 265 g/mol. The summed E-state index contributed by atoms with van der Waals surface area (Å²) in [6.07, 6.45) is 3.30. The maximum absolute atomic E-state index is 12.4. The molecule has 1 fully saturated rings. The Morgan fingerprint density at radius 1 is 1.47 bits per heavy atom. The van der Waals surface area contributed by atoms with E-state index in [-0.39, 0.29) is 5.91 Å². The highest BCUT2D eigenvalue weighted by atomic mass is 16.4. The van der Waals surface area contributed by atoms with Crippen LogP contribution in [-0.2, 0) is 11.8 Å². The minimum Gasteiger partial charge on any atom is -0.480 e. The second-order valence-corrected chi connectivity index (χ2v) is 5.71. The number of aliphatic carboxylic acids is 1. The van der Waals surface area contributed by atoms with Gasteiger partial charge in [0.2, 0.25) is 0 Å². The summed E-state index contributed by atoms with van der Waals surface area (Å²) < 4.78 is 1.54. The summed E-state index contributed by atoms with van der Waals surface area (Å²) in [5.41, 5.74) is -0.124. The number of nitrogens with zero attached hydrogens (tertiary/aromatic N) is 3. The summed E-state index contributed by atoms with van der Waals surface area (Å²) in [6.45, 7) is 4.25. The van der Waals surface area contributed by atoms with Crippen molar-refractivity contribution in [3.8, 4) is 0 Å². The predicted molar refractivity (Wildman–Crippen MR) is 68.7 cm³/mol. The number of carbonyl (C=O) groups is 2. The van der Waals surface area contributed by atoms with Gasteiger partial charge in [-0.05, 0) is 24.3 Å². The number of aryl methyl sites for hydroxylation is 1. The number of carbonyl (C=O) groups excluding carboxylic acids is 1. The van der Waals surface area contributed by atoms with Crippen molar-refractivity contribution >= 4 is 11.9 Å². The molecule has 0 radical (unpaired) electrons. The molecule has 104 valence electrons. The standard InChI is InChI=1S/C13H19N3O3/c1-13(2)6-4-7-16(10(13)12(18)19)11(17)9-5-8-15(3)14-9/h5,8,10H,4,6-7H2,1-3H3,(H,18,19). The quantitative estimate of drug-likeness (QED) is 0.870. The zero-order chi connectivity index (χ0) is 14.2. The van der Waals surface area contributed by atoms with Crippen LogP contribution >= 0.6 is 0 Å². The third-order valence-electron chi connectivity index (χ3n) is 3.70. The molecule has 0 saturated carbocycles. The van der Waals surface area contributed by atoms with E-state index in [0.717, 1.165) is 12.8 Å². The Kier molecular flexibility index (Phi) is 3.34. The third kappa shape index (κ3) is 2.47. The number of piperidine rings is 1. The fraction of sp³-hybridized carbons (Fsp3) is 0.615. The second-order valence-electron chi connectivity index (χ2n) is 5.71. The average Bonchev–Trinajstić information content (AvgIpc) is 2.72. The molecule has 1 aliphatic heterocycles. The van der Waals surface area contributed by atoms with Crippen LogP contribution in [0, 0.1) is 5.41 Å². The molecule has 0 aromatic carbocycles. The lowest BCUT2D eigenvalue weighted by atomic mass is 9.76. The van der Waals surface area contributed by atoms with Crippen LogP contribution in [0.1, 0.15) is 37.2 Å². The van der Waals surface area contributed by atoms with Crippen molar-refractivity contribution in [3.63, 3.8) is 0 Å². The van der Waals surface area contributed by atoms with Gasteiger partial charge in [0.25, 0.3) is 5.91 Å². The van der Waals surface area contributed by atoms with E-state index in [2.05, 4.69) is 5.10 Å². The van der Waals surface area contributed by atoms with Crippen LogP contribution < -0.4 is 0 Å². The molecular weight excluding hydrogens is 246 g/mol. The van der Waals surface area contributed by atoms with E-state index in [0.29, 0.717) is 12.2 Å². The van der Waals surface area contributed by atoms with E-state index in [4.69, 9.17) is 0 Å². The van der Waals surface area contributed by atoms with Crippen molar-refractivity contribution in [2.75, 3.05) is 6.54 Å². The molecule has 1 atom stereocenters. The van der Waals surface area contributed by atoms with Crippen molar-refractivity contribution in [1.29, 1.82) is 0 Å². The van der Waals surface area contributed by atoms with Crippen LogP contribution in [0.4, 0.5) is 0 Å². The van der Waals surface area contributed by atoms with Gasteiger partial charge in [-0.2, -0.15) is 5.10 Å². The van der Waals surface area contributed by atoms with Crippen molar-refractivity contribution in [1.82, 2.24) is 14.7 Å². The first-order chi connectivity index (χ1) is 8.83. The molecule has 0 bridgehead atoms. The maximum atomic E-state index is 12.4. The fourth-order valence-electron chi connectivity index (χ4n) is 2.76. The lowest BCUT2D eigenvalue weighted by Gasteiger charge is -2.43. The summed E-state index contributed by atoms with van der Waals surface area (Å²) >= 11 is 0. The number of hydrogen-bond donors (Lipinski definition) is 1. The molecule has 1 aromatic heterocycles. The number of rotatable bonds is 2. The molecule has 0 spiro atoms. The first kappa shape index (κ1) is 13.6. The topological polar surface area (TPSA) is 75.4 Å². The molecule has 1 saturated heterocycles. The van der Waals surface area contributed by atoms with Gasteiger partial charge in [-0.3, -0.25) is 9.48 Å². The van der Waals surface area contributed by atoms with Crippen LogP contribution in [0.3, 0.4) is 0 Å². The number of likely N-dealkylation sites (tertiary alicyclic amines) is 1. The van der Waals surface area contributed by atoms with Crippen LogP contribution in [0.5, 0.6) is 0 Å². The van der Waals surface area contributed by atoms with E-state index >= 15 is 0 Å². The van der Waals surface area contributed by atoms with Crippen molar-refractivity contribution < 1.29 is 14.7 Å². The molecule has 6 nitrogen and oxygen atoms in total. The van der Waals surface area contributed by atoms with Gasteiger partial charge in [-0.15, -0.1) is 0 Å². The number of aromatic nitrogens is 2. The molecule has 1 aromatic rings. The van der Waals surface area contributed by atoms with Crippen molar-refractivity contribution in [2.24, 2.45) is 12.5 Å². The largest absolute Gasteiger partial charge is 0.480 e. The molecule has 1 aliphatic rings. The lowest BCUT2D eigenvalue weighted by Crippen LogP contribution is -2.56. The average molecular weight is 265 g/mol. The summed E-state index contributed by atoms with van der Waals surface area (Å²) in [5.74, 6) is -1.25. The molecule has 19 heavy (non-hydrogen) atoms. The molecule has 6 heteroatoms. The minimum absolute atomic E-state index is 0.298. The fourth-order valence-corrected chi connectivity index (χ4v) is 2.76. The highest BCUT2D eigenvalue weighted by Gasteiger charge is 2.45. The van der Waals surface area contributed by atoms with Crippen LogP contribution in [0.25, 0.3) is 0 Å². The highest BCUT2D eigenvalue weighted by molar-refractivity contribution is 5.95. The molecule has 0 aliphatic carbocycles. The normalized spacial score (nSPS) is 22.3. The Labute approximate surface area is 112 Å². The van der Waals surface area contributed by atoms with Gasteiger partial charge in [0.1, 0.15) is 11.7 Å². The summed E-state index contributed by atoms with van der Waals surface area (Å²) in [7, 11) is 1.73. The smallest absolute Gasteiger partial charge is 0.326 e. The zero-order valence-corrected chi connectivity index (χ0v) is 11.5. The summed E-state index contributed by atoms with van der Waals surface area (Å²) in [4.78, 5) is 25.3. The molecule has 1 N–H and O–H groups in total. The van der Waals surface area contributed by atoms with E-state index in [1.54, 1.807) is 19.3 Å². The first-order valence-electron chi connectivity index (χ1n) is 6.36. The Balaban J connectivity index is 2.31. The highest BCUT2D eigenvalue weighted by Crippen LogP contribution is 2.35. The van der Waals surface area contributed by atoms with E-state index in [1.165, 1.54) is 9.58 Å². The molecule has 2 heterocycles. The lowest BCUT2D eigenvalue weighted by molar-refractivity contribution is -0.148. The van der Waals surface area contributed by atoms with Gasteiger partial charge < -0.3 is 10.0 Å². The summed E-state index contributed by atoms with van der Waals surface area (Å²) in [6, 6.07) is 0.818. The van der Waals surface area contributed by atoms with Gasteiger partial charge in [0, 0.05) is 19.8 Å². The Morgan fingerprint density at radius 2 is 2.16 bits per heavy atom. The van der Waals surface area contributed by atoms with E-state index < -0.39 is 17.4 Å². The number of amides is 1. The predicted octanol–water partition coefficient (Wildman–Crippen LogP) is 1.14. The second kappa shape index (κ2) is 4.68. The number of hydrogen-bond acceptors (Lipinski definition) is 3. The van der Waals surface area contributed by atoms with Gasteiger partial charge in [0.15, 0.2) is 0 Å². The van der Waals surface area contributed by atoms with Crippen molar-refractivity contribution in [3.05, 3.63) is 18.0 Å². The number of carboxylic acids is 1. The van der Waals surface area contributed by atoms with Crippen LogP contribution in [-0.4, -0.2) is 44.3 Å².